The number of rotatable bonds is 6. The number of hydrogen-bond donors (Lipinski definition) is 2. The molecule has 0 fully saturated rings. The van der Waals surface area contributed by atoms with E-state index in [1.807, 2.05) is 32.0 Å². The summed E-state index contributed by atoms with van der Waals surface area (Å²) in [6, 6.07) is 6.42. The molecule has 1 aromatic rings. The molecule has 0 aromatic heterocycles. The third-order valence-corrected chi connectivity index (χ3v) is 2.62. The second-order valence-corrected chi connectivity index (χ2v) is 4.59. The molecule has 1 amide bonds. The first kappa shape index (κ1) is 15.0. The van der Waals surface area contributed by atoms with Gasteiger partial charge in [0.15, 0.2) is 6.04 Å². The molecule has 19 heavy (non-hydrogen) atoms. The highest BCUT2D eigenvalue weighted by Crippen LogP contribution is 2.25. The Labute approximate surface area is 112 Å². The van der Waals surface area contributed by atoms with E-state index in [2.05, 4.69) is 5.32 Å². The summed E-state index contributed by atoms with van der Waals surface area (Å²) in [7, 11) is 0. The molecule has 0 radical (unpaired) electrons. The number of ether oxygens (including phenoxy) is 1. The van der Waals surface area contributed by atoms with E-state index in [0.29, 0.717) is 5.75 Å². The van der Waals surface area contributed by atoms with Gasteiger partial charge in [0.1, 0.15) is 12.4 Å². The molecule has 0 aliphatic heterocycles. The number of carboxylic acid groups (broad SMARTS) is 1. The summed E-state index contributed by atoms with van der Waals surface area (Å²) in [4.78, 5) is 21.9. The molecular weight excluding hydrogens is 246 g/mol. The van der Waals surface area contributed by atoms with Gasteiger partial charge in [-0.3, -0.25) is 4.79 Å². The highest BCUT2D eigenvalue weighted by molar-refractivity contribution is 5.82. The van der Waals surface area contributed by atoms with Gasteiger partial charge in [0.2, 0.25) is 5.91 Å². The van der Waals surface area contributed by atoms with E-state index in [9.17, 15) is 9.59 Å². The molecule has 0 aliphatic rings. The summed E-state index contributed by atoms with van der Waals surface area (Å²) in [5, 5.41) is 11.3. The number of carbonyl (C=O) groups excluding carboxylic acids is 1. The first-order chi connectivity index (χ1) is 8.91. The van der Waals surface area contributed by atoms with Crippen molar-refractivity contribution < 1.29 is 19.4 Å². The van der Waals surface area contributed by atoms with Crippen molar-refractivity contribution in [3.05, 3.63) is 29.8 Å². The smallest absolute Gasteiger partial charge is 0.329 e. The van der Waals surface area contributed by atoms with Gasteiger partial charge in [-0.05, 0) is 17.5 Å². The minimum atomic E-state index is -1.11. The van der Waals surface area contributed by atoms with Crippen LogP contribution in [-0.4, -0.2) is 29.6 Å². The van der Waals surface area contributed by atoms with Crippen LogP contribution < -0.4 is 10.1 Å². The van der Waals surface area contributed by atoms with Crippen molar-refractivity contribution >= 4 is 11.9 Å². The zero-order valence-electron chi connectivity index (χ0n) is 11.3. The van der Waals surface area contributed by atoms with Crippen LogP contribution in [0.15, 0.2) is 24.3 Å². The lowest BCUT2D eigenvalue weighted by Gasteiger charge is -2.17. The maximum atomic E-state index is 11.0. The van der Waals surface area contributed by atoms with E-state index in [0.717, 1.165) is 5.56 Å². The van der Waals surface area contributed by atoms with E-state index < -0.39 is 17.9 Å². The first-order valence-corrected chi connectivity index (χ1v) is 6.13. The van der Waals surface area contributed by atoms with Gasteiger partial charge in [0, 0.05) is 6.92 Å². The Morgan fingerprint density at radius 2 is 1.95 bits per heavy atom. The quantitative estimate of drug-likeness (QED) is 0.822. The Bertz CT molecular complexity index is 457. The number of carbonyl (C=O) groups is 2. The standard InChI is InChI=1S/C14H19NO4/c1-9(2)11-6-4-5-7-13(11)19-8-12(14(17)18)15-10(3)16/h4-7,9,12H,8H2,1-3H3,(H,15,16)(H,17,18). The largest absolute Gasteiger partial charge is 0.491 e. The van der Waals surface area contributed by atoms with Crippen LogP contribution >= 0.6 is 0 Å². The second-order valence-electron chi connectivity index (χ2n) is 4.59. The minimum Gasteiger partial charge on any atom is -0.491 e. The van der Waals surface area contributed by atoms with Crippen molar-refractivity contribution in [3.63, 3.8) is 0 Å². The summed E-state index contributed by atoms with van der Waals surface area (Å²) in [6.45, 7) is 5.24. The predicted octanol–water partition coefficient (Wildman–Crippen LogP) is 1.78. The van der Waals surface area contributed by atoms with Crippen molar-refractivity contribution in [3.8, 4) is 5.75 Å². The molecule has 1 aromatic carbocycles. The molecule has 1 unspecified atom stereocenters. The van der Waals surface area contributed by atoms with Gasteiger partial charge in [-0.2, -0.15) is 0 Å². The molecule has 0 bridgehead atoms. The molecule has 0 heterocycles. The predicted molar refractivity (Wildman–Crippen MR) is 71.3 cm³/mol. The summed E-state index contributed by atoms with van der Waals surface area (Å²) in [5.41, 5.74) is 1.01. The van der Waals surface area contributed by atoms with Crippen LogP contribution in [0.25, 0.3) is 0 Å². The monoisotopic (exact) mass is 265 g/mol. The maximum absolute atomic E-state index is 11.0. The fourth-order valence-electron chi connectivity index (χ4n) is 1.68. The van der Waals surface area contributed by atoms with Gasteiger partial charge in [-0.25, -0.2) is 4.79 Å². The summed E-state index contributed by atoms with van der Waals surface area (Å²) >= 11 is 0. The first-order valence-electron chi connectivity index (χ1n) is 6.13. The number of carboxylic acids is 1. The Kier molecular flexibility index (Phi) is 5.36. The van der Waals surface area contributed by atoms with Gasteiger partial charge in [0.25, 0.3) is 0 Å². The van der Waals surface area contributed by atoms with E-state index >= 15 is 0 Å². The third-order valence-electron chi connectivity index (χ3n) is 2.62. The maximum Gasteiger partial charge on any atom is 0.329 e. The van der Waals surface area contributed by atoms with E-state index in [1.165, 1.54) is 6.92 Å². The fraction of sp³-hybridized carbons (Fsp3) is 0.429. The molecule has 1 rings (SSSR count). The molecule has 1 atom stereocenters. The van der Waals surface area contributed by atoms with Gasteiger partial charge < -0.3 is 15.2 Å². The lowest BCUT2D eigenvalue weighted by Crippen LogP contribution is -2.43. The average Bonchev–Trinajstić information content (AvgIpc) is 2.34. The minimum absolute atomic E-state index is 0.0986. The summed E-state index contributed by atoms with van der Waals surface area (Å²) in [6.07, 6.45) is 0. The van der Waals surface area contributed by atoms with Gasteiger partial charge in [-0.15, -0.1) is 0 Å². The van der Waals surface area contributed by atoms with Crippen molar-refractivity contribution in [1.29, 1.82) is 0 Å². The Balaban J connectivity index is 2.74. The van der Waals surface area contributed by atoms with Crippen LogP contribution in [0, 0.1) is 0 Å². The number of nitrogens with one attached hydrogen (secondary N) is 1. The lowest BCUT2D eigenvalue weighted by molar-refractivity contribution is -0.142. The van der Waals surface area contributed by atoms with Crippen LogP contribution in [0.3, 0.4) is 0 Å². The highest BCUT2D eigenvalue weighted by Gasteiger charge is 2.19. The normalized spacial score (nSPS) is 12.0. The van der Waals surface area contributed by atoms with E-state index in [-0.39, 0.29) is 12.5 Å². The number of aliphatic carboxylic acids is 1. The number of amides is 1. The van der Waals surface area contributed by atoms with E-state index in [1.54, 1.807) is 6.07 Å². The zero-order chi connectivity index (χ0) is 14.4. The van der Waals surface area contributed by atoms with Gasteiger partial charge in [-0.1, -0.05) is 32.0 Å². The molecule has 5 heteroatoms. The molecule has 0 saturated carbocycles. The van der Waals surface area contributed by atoms with E-state index in [4.69, 9.17) is 9.84 Å². The molecule has 0 aliphatic carbocycles. The molecule has 0 saturated heterocycles. The summed E-state index contributed by atoms with van der Waals surface area (Å²) < 4.78 is 5.53. The molecule has 104 valence electrons. The second kappa shape index (κ2) is 6.78. The van der Waals surface area contributed by atoms with Gasteiger partial charge in [0.05, 0.1) is 0 Å². The number of para-hydroxylation sites is 1. The Hall–Kier alpha value is -2.04. The fourth-order valence-corrected chi connectivity index (χ4v) is 1.68. The molecule has 2 N–H and O–H groups in total. The highest BCUT2D eigenvalue weighted by atomic mass is 16.5. The van der Waals surface area contributed by atoms with Crippen molar-refractivity contribution in [2.45, 2.75) is 32.7 Å². The summed E-state index contributed by atoms with van der Waals surface area (Å²) in [5.74, 6) is -0.584. The van der Waals surface area contributed by atoms with Crippen LogP contribution in [-0.2, 0) is 9.59 Å². The zero-order valence-corrected chi connectivity index (χ0v) is 11.3. The number of hydrogen-bond acceptors (Lipinski definition) is 3. The van der Waals surface area contributed by atoms with Crippen molar-refractivity contribution in [2.24, 2.45) is 0 Å². The van der Waals surface area contributed by atoms with Crippen molar-refractivity contribution in [2.75, 3.05) is 6.61 Å². The topological polar surface area (TPSA) is 75.6 Å². The van der Waals surface area contributed by atoms with Crippen LogP contribution in [0.2, 0.25) is 0 Å². The van der Waals surface area contributed by atoms with Crippen LogP contribution in [0.5, 0.6) is 5.75 Å². The number of benzene rings is 1. The molecular formula is C14H19NO4. The SMILES string of the molecule is CC(=O)NC(COc1ccccc1C(C)C)C(=O)O. The Morgan fingerprint density at radius 3 is 2.47 bits per heavy atom. The van der Waals surface area contributed by atoms with Gasteiger partial charge >= 0.3 is 5.97 Å². The Morgan fingerprint density at radius 1 is 1.32 bits per heavy atom. The molecule has 5 nitrogen and oxygen atoms in total. The van der Waals surface area contributed by atoms with Crippen molar-refractivity contribution in [1.82, 2.24) is 5.32 Å². The average molecular weight is 265 g/mol. The lowest BCUT2D eigenvalue weighted by atomic mass is 10.0. The third kappa shape index (κ3) is 4.62. The van der Waals surface area contributed by atoms with Crippen LogP contribution in [0.4, 0.5) is 0 Å². The van der Waals surface area contributed by atoms with Crippen LogP contribution in [0.1, 0.15) is 32.3 Å². The molecule has 0 spiro atoms.